The quantitative estimate of drug-likeness (QED) is 0.00942. The Kier molecular flexibility index (Phi) is 23.9. The van der Waals surface area contributed by atoms with Crippen molar-refractivity contribution in [2.24, 2.45) is 5.14 Å². The maximum Gasteiger partial charge on any atom is 0.250 e. The number of carbonyl (C=O) groups excluding carboxylic acids is 3. The molecular formula is C70H90ClN23O9S6. The van der Waals surface area contributed by atoms with Gasteiger partial charge in [-0.2, -0.15) is 25.7 Å². The number of rotatable bonds is 28. The maximum atomic E-state index is 12.6. The second-order valence-electron chi connectivity index (χ2n) is 26.8. The van der Waals surface area contributed by atoms with Crippen molar-refractivity contribution >= 4 is 140 Å². The van der Waals surface area contributed by atoms with Gasteiger partial charge in [-0.15, -0.1) is 47.0 Å². The fraction of sp³-hybridized carbons (Fsp3) is 0.314. The molecule has 11 heterocycles. The lowest BCUT2D eigenvalue weighted by Gasteiger charge is -2.19. The largest absolute Gasteiger partial charge is 0.323 e. The first-order chi connectivity index (χ1) is 52.1. The van der Waals surface area contributed by atoms with Crippen LogP contribution in [0.1, 0.15) is 178 Å². The summed E-state index contributed by atoms with van der Waals surface area (Å²) in [4.78, 5) is 71.3. The van der Waals surface area contributed by atoms with Crippen LogP contribution < -0.4 is 31.1 Å². The van der Waals surface area contributed by atoms with Crippen LogP contribution in [0.3, 0.4) is 0 Å². The third-order valence-corrected chi connectivity index (χ3v) is 25.4. The number of ketones is 2. The molecule has 4 saturated carbocycles. The molecule has 0 unspecified atom stereocenters. The van der Waals surface area contributed by atoms with E-state index in [1.54, 1.807) is 69.6 Å². The number of halogens is 1. The molecule has 4 aliphatic carbocycles. The van der Waals surface area contributed by atoms with Gasteiger partial charge in [-0.1, -0.05) is 23.6 Å². The lowest BCUT2D eigenvalue weighted by Crippen LogP contribution is -2.40. The number of nitriles is 1. The van der Waals surface area contributed by atoms with Crippen molar-refractivity contribution in [3.8, 4) is 50.5 Å². The molecule has 0 aromatic carbocycles. The van der Waals surface area contributed by atoms with Gasteiger partial charge in [0.25, 0.3) is 10.0 Å². The summed E-state index contributed by atoms with van der Waals surface area (Å²) < 4.78 is 74.7. The minimum Gasteiger partial charge on any atom is -0.323 e. The third-order valence-electron chi connectivity index (χ3n) is 16.4. The van der Waals surface area contributed by atoms with E-state index >= 15 is 0 Å². The van der Waals surface area contributed by atoms with Crippen molar-refractivity contribution in [1.29, 1.82) is 5.26 Å². The van der Waals surface area contributed by atoms with Gasteiger partial charge in [0, 0.05) is 144 Å². The van der Waals surface area contributed by atoms with Crippen molar-refractivity contribution in [1.82, 2.24) is 85.4 Å². The molecule has 0 bridgehead atoms. The van der Waals surface area contributed by atoms with Gasteiger partial charge in [-0.3, -0.25) is 30.0 Å². The Bertz CT molecular complexity index is 5700. The van der Waals surface area contributed by atoms with E-state index in [0.29, 0.717) is 131 Å². The standard InChI is InChI=1S/C20H24N6O3S2.C18H17N7O3S2.C17H15N5O2S2.C15H16ClN5O.9H2/c1-20(2,3)26-31(28,29)17-7-6-15(30-17)19-21-11-13(8-9-27)18(23-19)22-16-10-14(24-25-16)12-4-5-12;19-6-5-12(26)7-11-9-21-18(14-3-4-16(29-14)30(20,27)28)23-17(11)22-15-8-13(24-25-15)10-1-2-10;1-3-10-9-18-17(13-6-7-15(25-13)26(2,23)24)20-16(10)19-14-8-12(21-22-14)11-4-5-11;1-2-3-4-12(22)15-17-8-10(16)14(19-15)18-13-7-11(20-21-13)9-5-6-9;;;;;;;;;/h6-7,9-12,26H,4-5,8H2,1-3H3,(H2,21,22,23,24,25);3-4,8-10H,1-2,5,7H2,(H2,20,27,28)(H2,21,22,23,24,25);1,6-9,11H,4-5H2,2H3,(H2,18,19,20,21,22);2,7-9H,1,3-6H2,(H2,17,18,19,20,21);9*1H. The van der Waals surface area contributed by atoms with Gasteiger partial charge in [0.15, 0.2) is 79.6 Å². The highest BCUT2D eigenvalue weighted by Crippen LogP contribution is 2.43. The van der Waals surface area contributed by atoms with E-state index in [1.807, 2.05) is 30.3 Å². The molecule has 0 atom stereocenters. The lowest BCUT2D eigenvalue weighted by molar-refractivity contribution is -0.117. The van der Waals surface area contributed by atoms with Crippen LogP contribution in [0.25, 0.3) is 32.1 Å². The van der Waals surface area contributed by atoms with Gasteiger partial charge >= 0.3 is 0 Å². The van der Waals surface area contributed by atoms with Gasteiger partial charge in [0.2, 0.25) is 10.0 Å². The second kappa shape index (κ2) is 33.4. The zero-order chi connectivity index (χ0) is 77.4. The van der Waals surface area contributed by atoms with E-state index in [0.717, 1.165) is 88.8 Å². The molecule has 15 rings (SSSR count). The summed E-state index contributed by atoms with van der Waals surface area (Å²) in [5.41, 5.74) is 5.38. The van der Waals surface area contributed by atoms with Crippen molar-refractivity contribution in [2.45, 2.75) is 146 Å². The van der Waals surface area contributed by atoms with Gasteiger partial charge in [0.1, 0.15) is 35.6 Å². The second-order valence-corrected chi connectivity index (χ2v) is 36.4. The number of nitrogens with one attached hydrogen (secondary N) is 9. The normalized spacial score (nSPS) is 14.1. The van der Waals surface area contributed by atoms with Crippen LogP contribution in [0.15, 0.2) is 111 Å². The SMILES string of the molecule is C#Cc1cnc(-c2ccc(S(C)(=O)=O)s2)nc1Nc1cc(C2CC2)[nH]n1.C=CCCC(=O)c1ncc(Cl)c(Nc2cc(C3CC3)[nH]n2)n1.CC(C)(C)NS(=O)(=O)c1ccc(-c2ncc(CC=O)c(Nc3cc(C4CC4)[nH]n3)n2)s1.N#CCC(=O)Cc1cnc(-c2ccc(S(N)(=O)=O)s2)nc1Nc1cc(C2CC2)[nH]n1.[HH].[HH].[HH].[HH].[HH].[HH].[HH].[HH].[HH]. The number of aromatic nitrogens is 16. The first kappa shape index (κ1) is 77.9. The van der Waals surface area contributed by atoms with Crippen LogP contribution in [0.5, 0.6) is 0 Å². The molecule has 109 heavy (non-hydrogen) atoms. The number of allylic oxidation sites excluding steroid dienone is 1. The molecule has 582 valence electrons. The Morgan fingerprint density at radius 1 is 0.633 bits per heavy atom. The summed E-state index contributed by atoms with van der Waals surface area (Å²) in [6.45, 7) is 8.96. The average Bonchev–Trinajstić information content (AvgIpc) is 1.45. The van der Waals surface area contributed by atoms with Crippen LogP contribution in [-0.4, -0.2) is 136 Å². The lowest BCUT2D eigenvalue weighted by atomic mass is 10.1. The monoisotopic (exact) mass is 1620 g/mol. The van der Waals surface area contributed by atoms with Crippen LogP contribution >= 0.6 is 45.6 Å². The van der Waals surface area contributed by atoms with E-state index in [2.05, 4.69) is 119 Å². The number of sulfonamides is 2. The van der Waals surface area contributed by atoms with Crippen molar-refractivity contribution in [3.05, 3.63) is 148 Å². The molecule has 11 N–H and O–H groups in total. The summed E-state index contributed by atoms with van der Waals surface area (Å²) in [6.07, 6.45) is 25.4. The molecule has 39 heteroatoms. The molecular weight excluding hydrogens is 1530 g/mol. The number of aromatic amines is 4. The van der Waals surface area contributed by atoms with E-state index in [1.165, 1.54) is 50.4 Å². The molecule has 0 amide bonds. The van der Waals surface area contributed by atoms with Gasteiger partial charge in [-0.05, 0) is 115 Å². The van der Waals surface area contributed by atoms with Crippen LogP contribution in [-0.2, 0) is 52.3 Å². The minimum absolute atomic E-state index is 0. The summed E-state index contributed by atoms with van der Waals surface area (Å²) in [5.74, 6) is 9.64. The number of carbonyl (C=O) groups is 3. The summed E-state index contributed by atoms with van der Waals surface area (Å²) in [5, 5.41) is 55.7. The summed E-state index contributed by atoms with van der Waals surface area (Å²) >= 11 is 9.25. The fourth-order valence-corrected chi connectivity index (χ4v) is 16.8. The topological polar surface area (TPSA) is 481 Å². The number of hydrogen-bond acceptors (Lipinski definition) is 29. The van der Waals surface area contributed by atoms with Crippen LogP contribution in [0.4, 0.5) is 46.5 Å². The van der Waals surface area contributed by atoms with Gasteiger partial charge in [-0.25, -0.2) is 75.0 Å². The number of primary sulfonamides is 1. The average molecular weight is 1630 g/mol. The highest BCUT2D eigenvalue weighted by atomic mass is 35.5. The van der Waals surface area contributed by atoms with E-state index < -0.39 is 35.4 Å². The Morgan fingerprint density at radius 2 is 1.06 bits per heavy atom. The van der Waals surface area contributed by atoms with Crippen molar-refractivity contribution in [3.63, 3.8) is 0 Å². The number of thiophene rings is 3. The number of terminal acetylenes is 1. The summed E-state index contributed by atoms with van der Waals surface area (Å²) in [6, 6.07) is 19.0. The number of nitrogens with two attached hydrogens (primary N) is 1. The Hall–Kier alpha value is -10.7. The molecule has 0 spiro atoms. The Morgan fingerprint density at radius 3 is 1.50 bits per heavy atom. The third kappa shape index (κ3) is 21.2. The number of nitrogens with zero attached hydrogens (tertiary/aromatic N) is 13. The Labute approximate surface area is 656 Å². The predicted molar refractivity (Wildman–Crippen MR) is 432 cm³/mol. The molecule has 0 saturated heterocycles. The first-order valence-corrected chi connectivity index (χ1v) is 41.7. The number of sulfone groups is 1. The van der Waals surface area contributed by atoms with E-state index in [9.17, 15) is 39.6 Å². The first-order valence-electron chi connectivity index (χ1n) is 34.0. The zero-order valence-electron chi connectivity index (χ0n) is 58.9. The molecule has 0 aliphatic heterocycles. The van der Waals surface area contributed by atoms with Crippen molar-refractivity contribution in [2.75, 3.05) is 27.5 Å². The highest BCUT2D eigenvalue weighted by Gasteiger charge is 2.31. The van der Waals surface area contributed by atoms with Gasteiger partial charge < -0.3 is 26.1 Å². The molecule has 11 aromatic heterocycles. The fourth-order valence-electron chi connectivity index (χ4n) is 10.4. The van der Waals surface area contributed by atoms with Crippen LogP contribution in [0.2, 0.25) is 5.02 Å². The maximum absolute atomic E-state index is 12.6. The Balaban J connectivity index is 0.000000399. The predicted octanol–water partition coefficient (Wildman–Crippen LogP) is 14.4. The zero-order valence-corrected chi connectivity index (χ0v) is 64.6. The number of H-pyrrole nitrogens is 4. The number of hydrogen-bond donors (Lipinski definition) is 10. The minimum atomic E-state index is -3.82. The molecule has 11 aromatic rings. The van der Waals surface area contributed by atoms with E-state index in [-0.39, 0.29) is 67.9 Å². The van der Waals surface area contributed by atoms with Crippen molar-refractivity contribution < 1.29 is 52.5 Å². The number of aldehydes is 1. The van der Waals surface area contributed by atoms with Gasteiger partial charge in [0.05, 0.1) is 38.9 Å². The number of anilines is 8. The molecule has 32 nitrogen and oxygen atoms in total. The summed E-state index contributed by atoms with van der Waals surface area (Å²) in [7, 11) is -10.7. The highest BCUT2D eigenvalue weighted by molar-refractivity contribution is 7.93. The molecule has 4 aliphatic rings. The van der Waals surface area contributed by atoms with Crippen LogP contribution in [0, 0.1) is 23.7 Å². The van der Waals surface area contributed by atoms with E-state index in [4.69, 9.17) is 28.4 Å². The molecule has 4 fully saturated rings. The molecule has 0 radical (unpaired) electrons. The number of Topliss-reactive ketones (excluding diaryl/α,β-unsaturated/α-hetero) is 2. The smallest absolute Gasteiger partial charge is 0.250 e.